The van der Waals surface area contributed by atoms with Crippen LogP contribution in [-0.2, 0) is 17.8 Å². The first kappa shape index (κ1) is 18.9. The second kappa shape index (κ2) is 8.64. The van der Waals surface area contributed by atoms with Crippen molar-refractivity contribution in [3.05, 3.63) is 45.4 Å². The van der Waals surface area contributed by atoms with Crippen LogP contribution in [0.15, 0.2) is 23.6 Å². The number of carbonyl (C=O) groups is 1. The topological polar surface area (TPSA) is 45.7 Å². The highest BCUT2D eigenvalue weighted by Gasteiger charge is 2.22. The largest absolute Gasteiger partial charge is 0.483 e. The highest BCUT2D eigenvalue weighted by molar-refractivity contribution is 7.09. The Bertz CT molecular complexity index is 731. The number of amides is 1. The summed E-state index contributed by atoms with van der Waals surface area (Å²) in [5.74, 6) is 0.893. The van der Waals surface area contributed by atoms with Gasteiger partial charge in [0.2, 0.25) is 0 Å². The van der Waals surface area contributed by atoms with E-state index in [2.05, 4.69) is 22.2 Å². The second-order valence-corrected chi connectivity index (χ2v) is 7.70. The molecule has 0 spiro atoms. The Balaban J connectivity index is 1.46. The number of benzene rings is 1. The molecule has 0 bridgehead atoms. The molecule has 1 saturated heterocycles. The smallest absolute Gasteiger partial charge is 0.260 e. The van der Waals surface area contributed by atoms with Crippen molar-refractivity contribution in [3.8, 4) is 5.75 Å². The average molecular weight is 374 g/mol. The van der Waals surface area contributed by atoms with Crippen LogP contribution in [0.1, 0.15) is 28.8 Å². The van der Waals surface area contributed by atoms with Gasteiger partial charge < -0.3 is 9.64 Å². The van der Waals surface area contributed by atoms with E-state index in [1.165, 1.54) is 5.01 Å². The molecule has 0 radical (unpaired) electrons. The van der Waals surface area contributed by atoms with Crippen LogP contribution < -0.4 is 4.74 Å². The van der Waals surface area contributed by atoms with E-state index >= 15 is 0 Å². The zero-order valence-corrected chi connectivity index (χ0v) is 16.6. The van der Waals surface area contributed by atoms with Gasteiger partial charge in [-0.05, 0) is 31.4 Å². The molecule has 0 saturated carbocycles. The number of hydrogen-bond donors (Lipinski definition) is 0. The molecule has 0 atom stereocenters. The maximum atomic E-state index is 12.5. The van der Waals surface area contributed by atoms with Crippen LogP contribution in [0, 0.1) is 13.8 Å². The Hall–Kier alpha value is -1.92. The lowest BCUT2D eigenvalue weighted by atomic mass is 10.1. The summed E-state index contributed by atoms with van der Waals surface area (Å²) in [6.07, 6.45) is 0.993. The van der Waals surface area contributed by atoms with Crippen molar-refractivity contribution >= 4 is 17.2 Å². The van der Waals surface area contributed by atoms with Gasteiger partial charge in [0, 0.05) is 38.1 Å². The maximum Gasteiger partial charge on any atom is 0.260 e. The molecular weight excluding hydrogens is 346 g/mol. The number of aromatic nitrogens is 1. The van der Waals surface area contributed by atoms with E-state index in [9.17, 15) is 4.79 Å². The van der Waals surface area contributed by atoms with Gasteiger partial charge in [-0.15, -0.1) is 11.3 Å². The molecule has 3 rings (SSSR count). The lowest BCUT2D eigenvalue weighted by Gasteiger charge is -2.34. The standard InChI is InChI=1S/C20H27N3O2S/c1-4-18-21-17(14-26-18)12-22-8-10-23(11-9-22)19(24)13-25-20-15(2)6-5-7-16(20)3/h5-7,14H,4,8-13H2,1-3H3. The monoisotopic (exact) mass is 373 g/mol. The van der Waals surface area contributed by atoms with Crippen molar-refractivity contribution in [2.45, 2.75) is 33.7 Å². The van der Waals surface area contributed by atoms with Crippen molar-refractivity contribution in [2.75, 3.05) is 32.8 Å². The van der Waals surface area contributed by atoms with Crippen LogP contribution in [0.5, 0.6) is 5.75 Å². The Kier molecular flexibility index (Phi) is 6.27. The molecule has 5 nitrogen and oxygen atoms in total. The molecule has 1 aromatic carbocycles. The third kappa shape index (κ3) is 4.62. The van der Waals surface area contributed by atoms with Gasteiger partial charge >= 0.3 is 0 Å². The molecule has 2 aromatic rings. The Morgan fingerprint density at radius 1 is 1.19 bits per heavy atom. The minimum atomic E-state index is 0.0641. The first-order chi connectivity index (χ1) is 12.6. The number of thiazole rings is 1. The fraction of sp³-hybridized carbons (Fsp3) is 0.500. The van der Waals surface area contributed by atoms with Crippen molar-refractivity contribution in [3.63, 3.8) is 0 Å². The lowest BCUT2D eigenvalue weighted by molar-refractivity contribution is -0.135. The number of rotatable bonds is 6. The van der Waals surface area contributed by atoms with E-state index in [0.29, 0.717) is 0 Å². The molecule has 1 aromatic heterocycles. The summed E-state index contributed by atoms with van der Waals surface area (Å²) in [6, 6.07) is 6.02. The predicted octanol–water partition coefficient (Wildman–Crippen LogP) is 3.05. The van der Waals surface area contributed by atoms with E-state index < -0.39 is 0 Å². The molecule has 1 aliphatic rings. The molecule has 2 heterocycles. The van der Waals surface area contributed by atoms with Crippen LogP contribution in [-0.4, -0.2) is 53.5 Å². The number of hydrogen-bond acceptors (Lipinski definition) is 5. The predicted molar refractivity (Wildman–Crippen MR) is 105 cm³/mol. The molecular formula is C20H27N3O2S. The van der Waals surface area contributed by atoms with Crippen LogP contribution in [0.2, 0.25) is 0 Å². The number of ether oxygens (including phenoxy) is 1. The van der Waals surface area contributed by atoms with Crippen molar-refractivity contribution in [1.82, 2.24) is 14.8 Å². The molecule has 0 unspecified atom stereocenters. The zero-order valence-electron chi connectivity index (χ0n) is 15.8. The van der Waals surface area contributed by atoms with E-state index in [-0.39, 0.29) is 12.5 Å². The first-order valence-corrected chi connectivity index (χ1v) is 10.1. The maximum absolute atomic E-state index is 12.5. The normalized spacial score (nSPS) is 15.3. The summed E-state index contributed by atoms with van der Waals surface area (Å²) >= 11 is 1.73. The SMILES string of the molecule is CCc1nc(CN2CCN(C(=O)COc3c(C)cccc3C)CC2)cs1. The van der Waals surface area contributed by atoms with Gasteiger partial charge in [0.15, 0.2) is 6.61 Å². The van der Waals surface area contributed by atoms with Crippen LogP contribution >= 0.6 is 11.3 Å². The van der Waals surface area contributed by atoms with Gasteiger partial charge in [-0.25, -0.2) is 4.98 Å². The van der Waals surface area contributed by atoms with E-state index in [4.69, 9.17) is 4.74 Å². The third-order valence-corrected chi connectivity index (χ3v) is 5.80. The van der Waals surface area contributed by atoms with Gasteiger partial charge in [-0.1, -0.05) is 25.1 Å². The highest BCUT2D eigenvalue weighted by Crippen LogP contribution is 2.22. The summed E-state index contributed by atoms with van der Waals surface area (Å²) in [5, 5.41) is 3.34. The van der Waals surface area contributed by atoms with Crippen LogP contribution in [0.25, 0.3) is 0 Å². The van der Waals surface area contributed by atoms with Crippen LogP contribution in [0.4, 0.5) is 0 Å². The van der Waals surface area contributed by atoms with E-state index in [1.807, 2.05) is 36.9 Å². The summed E-state index contributed by atoms with van der Waals surface area (Å²) in [4.78, 5) is 21.4. The number of nitrogens with zero attached hydrogens (tertiary/aromatic N) is 3. The number of carbonyl (C=O) groups excluding carboxylic acids is 1. The number of aryl methyl sites for hydroxylation is 3. The minimum Gasteiger partial charge on any atom is -0.483 e. The fourth-order valence-corrected chi connectivity index (χ4v) is 3.96. The summed E-state index contributed by atoms with van der Waals surface area (Å²) < 4.78 is 5.81. The van der Waals surface area contributed by atoms with Crippen molar-refractivity contribution in [2.24, 2.45) is 0 Å². The molecule has 0 N–H and O–H groups in total. The van der Waals surface area contributed by atoms with Crippen molar-refractivity contribution in [1.29, 1.82) is 0 Å². The number of piperazine rings is 1. The van der Waals surface area contributed by atoms with Gasteiger partial charge in [0.05, 0.1) is 10.7 Å². The summed E-state index contributed by atoms with van der Waals surface area (Å²) in [5.41, 5.74) is 3.28. The van der Waals surface area contributed by atoms with Gasteiger partial charge in [0.1, 0.15) is 5.75 Å². The Morgan fingerprint density at radius 3 is 2.50 bits per heavy atom. The van der Waals surface area contributed by atoms with Gasteiger partial charge in [-0.3, -0.25) is 9.69 Å². The molecule has 26 heavy (non-hydrogen) atoms. The molecule has 6 heteroatoms. The summed E-state index contributed by atoms with van der Waals surface area (Å²) in [7, 11) is 0. The second-order valence-electron chi connectivity index (χ2n) is 6.75. The lowest BCUT2D eigenvalue weighted by Crippen LogP contribution is -2.49. The molecule has 0 aliphatic carbocycles. The van der Waals surface area contributed by atoms with Crippen LogP contribution in [0.3, 0.4) is 0 Å². The van der Waals surface area contributed by atoms with E-state index in [0.717, 1.165) is 61.7 Å². The Labute approximate surface area is 159 Å². The summed E-state index contributed by atoms with van der Waals surface area (Å²) in [6.45, 7) is 10.4. The molecule has 140 valence electrons. The molecule has 1 amide bonds. The van der Waals surface area contributed by atoms with Gasteiger partial charge in [-0.2, -0.15) is 0 Å². The third-order valence-electron chi connectivity index (χ3n) is 4.76. The molecule has 1 fully saturated rings. The fourth-order valence-electron chi connectivity index (χ4n) is 3.22. The highest BCUT2D eigenvalue weighted by atomic mass is 32.1. The van der Waals surface area contributed by atoms with Gasteiger partial charge in [0.25, 0.3) is 5.91 Å². The quantitative estimate of drug-likeness (QED) is 0.781. The van der Waals surface area contributed by atoms with Crippen molar-refractivity contribution < 1.29 is 9.53 Å². The average Bonchev–Trinajstić information content (AvgIpc) is 3.09. The minimum absolute atomic E-state index is 0.0641. The molecule has 1 aliphatic heterocycles. The zero-order chi connectivity index (χ0) is 18.5. The van der Waals surface area contributed by atoms with E-state index in [1.54, 1.807) is 11.3 Å². The first-order valence-electron chi connectivity index (χ1n) is 9.19. The number of para-hydroxylation sites is 1. The Morgan fingerprint density at radius 2 is 1.88 bits per heavy atom.